The first-order valence-corrected chi connectivity index (χ1v) is 6.94. The van der Waals surface area contributed by atoms with Crippen LogP contribution in [-0.4, -0.2) is 15.7 Å². The quantitative estimate of drug-likeness (QED) is 0.331. The van der Waals surface area contributed by atoms with Gasteiger partial charge in [0.2, 0.25) is 0 Å². The van der Waals surface area contributed by atoms with Crippen LogP contribution in [0.25, 0.3) is 0 Å². The second kappa shape index (κ2) is 7.26. The molecular weight excluding hydrogens is 214 g/mol. The number of allylic oxidation sites excluding steroid dienone is 2. The first kappa shape index (κ1) is 17.6. The maximum Gasteiger partial charge on any atom is 0.0918 e. The molecule has 1 atom stereocenters. The molecule has 0 fully saturated rings. The van der Waals surface area contributed by atoms with Gasteiger partial charge >= 0.3 is 0 Å². The molecule has 98 valence electrons. The van der Waals surface area contributed by atoms with Crippen molar-refractivity contribution in [3.05, 3.63) is 24.1 Å². The van der Waals surface area contributed by atoms with Gasteiger partial charge in [0.25, 0.3) is 0 Å². The smallest absolute Gasteiger partial charge is 0.0918 e. The highest BCUT2D eigenvalue weighted by Gasteiger charge is 2.31. The molecule has 0 aliphatic heterocycles. The zero-order chi connectivity index (χ0) is 14.4. The summed E-state index contributed by atoms with van der Waals surface area (Å²) in [6, 6.07) is 0. The molecule has 0 bridgehead atoms. The molecule has 0 aliphatic carbocycles. The molecule has 0 saturated heterocycles. The van der Waals surface area contributed by atoms with Gasteiger partial charge in [-0.05, 0) is 42.4 Å². The van der Waals surface area contributed by atoms with E-state index in [9.17, 15) is 0 Å². The third-order valence-corrected chi connectivity index (χ3v) is 3.96. The van der Waals surface area contributed by atoms with Crippen molar-refractivity contribution in [1.82, 2.24) is 0 Å². The van der Waals surface area contributed by atoms with E-state index in [2.05, 4.69) is 47.3 Å². The van der Waals surface area contributed by atoms with E-state index >= 15 is 0 Å². The highest BCUT2D eigenvalue weighted by Crippen LogP contribution is 2.42. The van der Waals surface area contributed by atoms with E-state index in [1.54, 1.807) is 0 Å². The van der Waals surface area contributed by atoms with Crippen molar-refractivity contribution < 1.29 is 0 Å². The zero-order valence-corrected chi connectivity index (χ0v) is 12.9. The summed E-state index contributed by atoms with van der Waals surface area (Å²) < 4.78 is 0. The van der Waals surface area contributed by atoms with E-state index in [0.717, 1.165) is 12.8 Å². The monoisotopic (exact) mass is 242 g/mol. The topological polar surface area (TPSA) is 0 Å². The lowest BCUT2D eigenvalue weighted by molar-refractivity contribution is 0.143. The van der Waals surface area contributed by atoms with Crippen molar-refractivity contribution in [3.8, 4) is 0 Å². The van der Waals surface area contributed by atoms with Gasteiger partial charge < -0.3 is 0 Å². The molecule has 0 nitrogen and oxygen atoms in total. The summed E-state index contributed by atoms with van der Waals surface area (Å²) in [5.74, 6) is 0.538. The summed E-state index contributed by atoms with van der Waals surface area (Å²) in [5, 5.41) is 0.438. The zero-order valence-electron chi connectivity index (χ0n) is 12.9. The Kier molecular flexibility index (Phi) is 7.10. The second-order valence-electron chi connectivity index (χ2n) is 6.95. The summed E-state index contributed by atoms with van der Waals surface area (Å²) in [5.41, 5.74) is 0.645. The average Bonchev–Trinajstić information content (AvgIpc) is 2.21. The third-order valence-electron chi connectivity index (χ3n) is 3.96. The van der Waals surface area contributed by atoms with Crippen molar-refractivity contribution in [1.29, 1.82) is 0 Å². The minimum absolute atomic E-state index is 0.300. The number of rotatable bonds is 8. The standard InChI is InChI=1S/C16H28B2/c1-7-13(2)16(5,6)12-15(3,4)11-9-8-10-14(17)18/h7,10,13H,1,8-9,11-12H2,2-6H3. The van der Waals surface area contributed by atoms with Crippen LogP contribution in [0.2, 0.25) is 0 Å². The summed E-state index contributed by atoms with van der Waals surface area (Å²) in [7, 11) is 10.9. The minimum Gasteiger partial charge on any atom is -0.164 e. The van der Waals surface area contributed by atoms with Gasteiger partial charge in [-0.1, -0.05) is 40.7 Å². The fourth-order valence-electron chi connectivity index (χ4n) is 2.65. The van der Waals surface area contributed by atoms with E-state index in [0.29, 0.717) is 22.1 Å². The summed E-state index contributed by atoms with van der Waals surface area (Å²) in [6.07, 6.45) is 8.49. The van der Waals surface area contributed by atoms with Crippen LogP contribution in [0.5, 0.6) is 0 Å². The second-order valence-corrected chi connectivity index (χ2v) is 6.95. The van der Waals surface area contributed by atoms with Gasteiger partial charge in [0.1, 0.15) is 0 Å². The third kappa shape index (κ3) is 7.13. The highest BCUT2D eigenvalue weighted by molar-refractivity contribution is 6.48. The molecule has 0 saturated carbocycles. The van der Waals surface area contributed by atoms with Crippen molar-refractivity contribution in [2.24, 2.45) is 16.7 Å². The fraction of sp³-hybridized carbons (Fsp3) is 0.750. The normalized spacial score (nSPS) is 14.1. The van der Waals surface area contributed by atoms with E-state index in [-0.39, 0.29) is 0 Å². The Hall–Kier alpha value is -0.390. The van der Waals surface area contributed by atoms with Gasteiger partial charge in [0.15, 0.2) is 0 Å². The molecule has 0 heterocycles. The van der Waals surface area contributed by atoms with Crippen LogP contribution < -0.4 is 0 Å². The summed E-state index contributed by atoms with van der Waals surface area (Å²) >= 11 is 0. The first-order chi connectivity index (χ1) is 8.10. The van der Waals surface area contributed by atoms with Crippen molar-refractivity contribution in [3.63, 3.8) is 0 Å². The number of unbranched alkanes of at least 4 members (excludes halogenated alkanes) is 1. The molecule has 0 rings (SSSR count). The lowest BCUT2D eigenvalue weighted by Gasteiger charge is -2.38. The Bertz CT molecular complexity index is 283. The van der Waals surface area contributed by atoms with Crippen LogP contribution in [0.3, 0.4) is 0 Å². The largest absolute Gasteiger partial charge is 0.164 e. The van der Waals surface area contributed by atoms with Crippen LogP contribution in [0, 0.1) is 16.7 Å². The minimum atomic E-state index is 0.300. The molecule has 0 spiro atoms. The van der Waals surface area contributed by atoms with Crippen molar-refractivity contribution in [2.75, 3.05) is 0 Å². The fourth-order valence-corrected chi connectivity index (χ4v) is 2.65. The maximum absolute atomic E-state index is 5.43. The molecule has 0 amide bonds. The molecule has 0 aromatic carbocycles. The molecule has 1 unspecified atom stereocenters. The Morgan fingerprint density at radius 1 is 1.22 bits per heavy atom. The van der Waals surface area contributed by atoms with Crippen LogP contribution in [0.4, 0.5) is 0 Å². The molecule has 0 aromatic heterocycles. The van der Waals surface area contributed by atoms with Crippen LogP contribution >= 0.6 is 0 Å². The lowest BCUT2D eigenvalue weighted by Crippen LogP contribution is -2.28. The molecule has 0 N–H and O–H groups in total. The molecule has 2 heteroatoms. The number of hydrogen-bond donors (Lipinski definition) is 0. The molecule has 0 aliphatic rings. The number of hydrogen-bond acceptors (Lipinski definition) is 0. The van der Waals surface area contributed by atoms with E-state index in [4.69, 9.17) is 15.7 Å². The Morgan fingerprint density at radius 3 is 2.22 bits per heavy atom. The summed E-state index contributed by atoms with van der Waals surface area (Å²) in [4.78, 5) is 0. The van der Waals surface area contributed by atoms with Gasteiger partial charge in [-0.15, -0.1) is 12.7 Å². The van der Waals surface area contributed by atoms with Crippen LogP contribution in [0.15, 0.2) is 24.1 Å². The lowest BCUT2D eigenvalue weighted by atomic mass is 9.67. The van der Waals surface area contributed by atoms with Gasteiger partial charge in [0, 0.05) is 0 Å². The van der Waals surface area contributed by atoms with Gasteiger partial charge in [-0.2, -0.15) is 5.37 Å². The van der Waals surface area contributed by atoms with Gasteiger partial charge in [-0.25, -0.2) is 0 Å². The summed E-state index contributed by atoms with van der Waals surface area (Å²) in [6.45, 7) is 15.5. The predicted molar refractivity (Wildman–Crippen MR) is 85.0 cm³/mol. The predicted octanol–water partition coefficient (Wildman–Crippen LogP) is 4.60. The Labute approximate surface area is 117 Å². The maximum atomic E-state index is 5.43. The van der Waals surface area contributed by atoms with Gasteiger partial charge in [0.05, 0.1) is 15.7 Å². The van der Waals surface area contributed by atoms with E-state index in [1.165, 1.54) is 12.8 Å². The van der Waals surface area contributed by atoms with Crippen molar-refractivity contribution in [2.45, 2.75) is 60.3 Å². The van der Waals surface area contributed by atoms with Crippen LogP contribution in [-0.2, 0) is 0 Å². The van der Waals surface area contributed by atoms with Gasteiger partial charge in [-0.3, -0.25) is 0 Å². The first-order valence-electron chi connectivity index (χ1n) is 6.94. The van der Waals surface area contributed by atoms with E-state index < -0.39 is 0 Å². The Balaban J connectivity index is 4.29. The Morgan fingerprint density at radius 2 is 1.78 bits per heavy atom. The van der Waals surface area contributed by atoms with Crippen LogP contribution in [0.1, 0.15) is 60.3 Å². The molecule has 4 radical (unpaired) electrons. The highest BCUT2D eigenvalue weighted by atomic mass is 14.4. The SMILES string of the molecule is [B]C([B])=CCCCC(C)(C)CC(C)(C)C(C)C=C. The molecular formula is C16H28B2. The average molecular weight is 242 g/mol. The van der Waals surface area contributed by atoms with Crippen molar-refractivity contribution >= 4 is 15.7 Å². The molecule has 18 heavy (non-hydrogen) atoms. The molecule has 0 aromatic rings. The van der Waals surface area contributed by atoms with E-state index in [1.807, 2.05) is 6.08 Å².